The minimum atomic E-state index is -1.02. The second-order valence-electron chi connectivity index (χ2n) is 6.35. The third-order valence-electron chi connectivity index (χ3n) is 4.69. The first-order valence-corrected chi connectivity index (χ1v) is 8.01. The number of rotatable bonds is 6. The largest absolute Gasteiger partial charge is 0.455 e. The maximum Gasteiger partial charge on any atom is 0.334 e. The summed E-state index contributed by atoms with van der Waals surface area (Å²) >= 11 is 0. The lowest BCUT2D eigenvalue weighted by Crippen LogP contribution is -2.32. The molecule has 4 unspecified atom stereocenters. The van der Waals surface area contributed by atoms with Crippen LogP contribution in [0.15, 0.2) is 23.3 Å². The Kier molecular flexibility index (Phi) is 5.57. The van der Waals surface area contributed by atoms with Gasteiger partial charge in [-0.3, -0.25) is 14.4 Å². The average Bonchev–Trinajstić information content (AvgIpc) is 2.95. The molecule has 0 amide bonds. The Morgan fingerprint density at radius 1 is 1.32 bits per heavy atom. The van der Waals surface area contributed by atoms with E-state index in [4.69, 9.17) is 14.2 Å². The lowest BCUT2D eigenvalue weighted by Gasteiger charge is -2.23. The van der Waals surface area contributed by atoms with Crippen molar-refractivity contribution in [3.8, 4) is 0 Å². The van der Waals surface area contributed by atoms with Gasteiger partial charge in [0, 0.05) is 43.9 Å². The summed E-state index contributed by atoms with van der Waals surface area (Å²) in [6, 6.07) is 0. The predicted octanol–water partition coefficient (Wildman–Crippen LogP) is 1.30. The number of hydrogen-bond acceptors (Lipinski definition) is 7. The summed E-state index contributed by atoms with van der Waals surface area (Å²) in [6.45, 7) is 7.99. The van der Waals surface area contributed by atoms with Crippen molar-refractivity contribution >= 4 is 23.5 Å². The molecule has 0 saturated carbocycles. The van der Waals surface area contributed by atoms with Gasteiger partial charge in [-0.25, -0.2) is 4.79 Å². The van der Waals surface area contributed by atoms with Crippen molar-refractivity contribution in [1.82, 2.24) is 0 Å². The van der Waals surface area contributed by atoms with Gasteiger partial charge in [0.05, 0.1) is 6.10 Å². The van der Waals surface area contributed by atoms with Gasteiger partial charge in [-0.15, -0.1) is 0 Å². The van der Waals surface area contributed by atoms with Crippen LogP contribution in [0, 0.1) is 5.92 Å². The van der Waals surface area contributed by atoms with Gasteiger partial charge in [-0.1, -0.05) is 6.58 Å². The summed E-state index contributed by atoms with van der Waals surface area (Å²) in [6.07, 6.45) is -2.00. The molecule has 7 heteroatoms. The minimum Gasteiger partial charge on any atom is -0.455 e. The molecule has 7 nitrogen and oxygen atoms in total. The Labute approximate surface area is 146 Å². The van der Waals surface area contributed by atoms with Crippen LogP contribution in [-0.4, -0.2) is 48.9 Å². The van der Waals surface area contributed by atoms with E-state index in [0.717, 1.165) is 0 Å². The van der Waals surface area contributed by atoms with Crippen LogP contribution in [0.2, 0.25) is 0 Å². The molecule has 0 radical (unpaired) electrons. The van der Waals surface area contributed by atoms with Crippen molar-refractivity contribution in [2.75, 3.05) is 7.11 Å². The minimum absolute atomic E-state index is 0.0336. The molecule has 2 aliphatic rings. The molecule has 1 saturated heterocycles. The molecule has 0 N–H and O–H groups in total. The van der Waals surface area contributed by atoms with Crippen molar-refractivity contribution in [2.24, 2.45) is 5.92 Å². The van der Waals surface area contributed by atoms with Gasteiger partial charge in [0.1, 0.15) is 6.10 Å². The molecule has 0 spiro atoms. The molecule has 1 aliphatic heterocycles. The van der Waals surface area contributed by atoms with E-state index in [0.29, 0.717) is 11.1 Å². The molecule has 25 heavy (non-hydrogen) atoms. The quantitative estimate of drug-likeness (QED) is 0.526. The first kappa shape index (κ1) is 19.1. The van der Waals surface area contributed by atoms with E-state index >= 15 is 0 Å². The summed E-state index contributed by atoms with van der Waals surface area (Å²) in [5.74, 6) is -2.34. The number of methoxy groups -OCH3 is 1. The van der Waals surface area contributed by atoms with E-state index in [1.807, 2.05) is 0 Å². The highest BCUT2D eigenvalue weighted by molar-refractivity contribution is 6.02. The maximum atomic E-state index is 12.4. The average molecular weight is 350 g/mol. The molecule has 1 fully saturated rings. The van der Waals surface area contributed by atoms with E-state index in [1.54, 1.807) is 6.92 Å². The molecular formula is C18H22O7. The van der Waals surface area contributed by atoms with Gasteiger partial charge in [-0.05, 0) is 19.4 Å². The van der Waals surface area contributed by atoms with Crippen LogP contribution in [0.1, 0.15) is 33.6 Å². The Morgan fingerprint density at radius 3 is 2.44 bits per heavy atom. The molecule has 0 bridgehead atoms. The number of Topliss-reactive ketones (excluding diaryl/α,β-unsaturated/α-hetero) is 2. The van der Waals surface area contributed by atoms with Gasteiger partial charge >= 0.3 is 11.9 Å². The van der Waals surface area contributed by atoms with Gasteiger partial charge in [0.25, 0.3) is 0 Å². The second kappa shape index (κ2) is 7.31. The van der Waals surface area contributed by atoms with E-state index in [1.165, 1.54) is 21.0 Å². The first-order chi connectivity index (χ1) is 11.7. The predicted molar refractivity (Wildman–Crippen MR) is 86.5 cm³/mol. The van der Waals surface area contributed by atoms with Crippen LogP contribution in [-0.2, 0) is 33.4 Å². The SMILES string of the molecule is C=C1C(=O)OC(C2=C(C)C(OC)CC2=O)C1CC(OC(C)=O)C(C)=O. The number of carbonyl (C=O) groups is 4. The Balaban J connectivity index is 2.34. The van der Waals surface area contributed by atoms with Crippen molar-refractivity contribution in [1.29, 1.82) is 0 Å². The van der Waals surface area contributed by atoms with Gasteiger partial charge in [-0.2, -0.15) is 0 Å². The number of carbonyl (C=O) groups excluding carboxylic acids is 4. The third-order valence-corrected chi connectivity index (χ3v) is 4.69. The van der Waals surface area contributed by atoms with Crippen LogP contribution in [0.5, 0.6) is 0 Å². The summed E-state index contributed by atoms with van der Waals surface area (Å²) in [5, 5.41) is 0. The monoisotopic (exact) mass is 350 g/mol. The van der Waals surface area contributed by atoms with Crippen molar-refractivity contribution < 1.29 is 33.4 Å². The fourth-order valence-electron chi connectivity index (χ4n) is 3.33. The van der Waals surface area contributed by atoms with E-state index in [-0.39, 0.29) is 36.1 Å². The number of esters is 2. The smallest absolute Gasteiger partial charge is 0.334 e. The van der Waals surface area contributed by atoms with E-state index < -0.39 is 30.1 Å². The van der Waals surface area contributed by atoms with Crippen LogP contribution in [0.4, 0.5) is 0 Å². The second-order valence-corrected chi connectivity index (χ2v) is 6.35. The highest BCUT2D eigenvalue weighted by atomic mass is 16.6. The van der Waals surface area contributed by atoms with Crippen molar-refractivity contribution in [3.63, 3.8) is 0 Å². The fraction of sp³-hybridized carbons (Fsp3) is 0.556. The lowest BCUT2D eigenvalue weighted by molar-refractivity contribution is -0.153. The highest BCUT2D eigenvalue weighted by Gasteiger charge is 2.47. The molecule has 0 aromatic heterocycles. The zero-order valence-electron chi connectivity index (χ0n) is 14.8. The normalized spacial score (nSPS) is 27.5. The van der Waals surface area contributed by atoms with Crippen LogP contribution >= 0.6 is 0 Å². The molecule has 136 valence electrons. The summed E-state index contributed by atoms with van der Waals surface area (Å²) in [4.78, 5) is 47.4. The van der Waals surface area contributed by atoms with Gasteiger partial charge < -0.3 is 14.2 Å². The van der Waals surface area contributed by atoms with Crippen molar-refractivity contribution in [2.45, 2.75) is 51.9 Å². The summed E-state index contributed by atoms with van der Waals surface area (Å²) in [7, 11) is 1.51. The van der Waals surface area contributed by atoms with Crippen LogP contribution < -0.4 is 0 Å². The molecular weight excluding hydrogens is 328 g/mol. The number of ketones is 2. The van der Waals surface area contributed by atoms with Crippen LogP contribution in [0.3, 0.4) is 0 Å². The Bertz CT molecular complexity index is 673. The molecule has 1 aliphatic carbocycles. The Morgan fingerprint density at radius 2 is 1.96 bits per heavy atom. The highest BCUT2D eigenvalue weighted by Crippen LogP contribution is 2.40. The molecule has 0 aromatic carbocycles. The lowest BCUT2D eigenvalue weighted by atomic mass is 9.85. The third kappa shape index (κ3) is 3.71. The molecule has 4 atom stereocenters. The van der Waals surface area contributed by atoms with Crippen molar-refractivity contribution in [3.05, 3.63) is 23.3 Å². The standard InChI is InChI=1S/C18H22O7/c1-8-12(6-15(10(3)19)24-11(4)20)17(25-18(8)22)16-9(2)14(23-5)7-13(16)21/h12,14-15,17H,1,6-7H2,2-5H3. The molecule has 2 rings (SSSR count). The summed E-state index contributed by atoms with van der Waals surface area (Å²) < 4.78 is 15.7. The molecule has 1 heterocycles. The van der Waals surface area contributed by atoms with Crippen LogP contribution in [0.25, 0.3) is 0 Å². The zero-order valence-corrected chi connectivity index (χ0v) is 14.8. The summed E-state index contributed by atoms with van der Waals surface area (Å²) in [5.41, 5.74) is 1.25. The van der Waals surface area contributed by atoms with E-state index in [2.05, 4.69) is 6.58 Å². The molecule has 0 aromatic rings. The number of hydrogen-bond donors (Lipinski definition) is 0. The van der Waals surface area contributed by atoms with E-state index in [9.17, 15) is 19.2 Å². The Hall–Kier alpha value is -2.28. The number of ether oxygens (including phenoxy) is 3. The van der Waals surface area contributed by atoms with Gasteiger partial charge in [0.15, 0.2) is 17.7 Å². The topological polar surface area (TPSA) is 96.0 Å². The first-order valence-electron chi connectivity index (χ1n) is 8.01. The number of cyclic esters (lactones) is 1. The maximum absolute atomic E-state index is 12.4. The van der Waals surface area contributed by atoms with Gasteiger partial charge in [0.2, 0.25) is 0 Å². The zero-order chi connectivity index (χ0) is 18.9. The fourth-order valence-corrected chi connectivity index (χ4v) is 3.33.